The Balaban J connectivity index is 1.75. The van der Waals surface area contributed by atoms with Gasteiger partial charge in [0.05, 0.1) is 5.02 Å². The first kappa shape index (κ1) is 12.8. The fourth-order valence-corrected chi connectivity index (χ4v) is 3.79. The molecule has 6 heteroatoms. The number of aliphatic hydroxyl groups is 1. The second kappa shape index (κ2) is 5.06. The molecule has 2 N–H and O–H groups in total. The van der Waals surface area contributed by atoms with E-state index in [1.165, 1.54) is 12.5 Å². The molecule has 2 aliphatic carbocycles. The second-order valence-electron chi connectivity index (χ2n) is 5.40. The summed E-state index contributed by atoms with van der Waals surface area (Å²) in [6, 6.07) is 0.0438. The van der Waals surface area contributed by atoms with Crippen molar-refractivity contribution in [1.82, 2.24) is 15.3 Å². The van der Waals surface area contributed by atoms with E-state index < -0.39 is 0 Å². The molecule has 2 aliphatic rings. The highest BCUT2D eigenvalue weighted by molar-refractivity contribution is 6.33. The summed E-state index contributed by atoms with van der Waals surface area (Å²) in [6.07, 6.45) is 6.12. The molecular formula is C13H16ClN3O2. The molecule has 4 atom stereocenters. The molecule has 19 heavy (non-hydrogen) atoms. The largest absolute Gasteiger partial charge is 0.396 e. The van der Waals surface area contributed by atoms with Gasteiger partial charge in [-0.05, 0) is 31.1 Å². The molecule has 0 spiro atoms. The Morgan fingerprint density at radius 2 is 2.26 bits per heavy atom. The third-order valence-corrected chi connectivity index (χ3v) is 4.76. The molecular weight excluding hydrogens is 266 g/mol. The zero-order chi connectivity index (χ0) is 13.4. The molecule has 2 fully saturated rings. The maximum absolute atomic E-state index is 12.2. The summed E-state index contributed by atoms with van der Waals surface area (Å²) in [6.45, 7) is 0.129. The Kier molecular flexibility index (Phi) is 3.41. The van der Waals surface area contributed by atoms with Gasteiger partial charge in [0.2, 0.25) is 0 Å². The summed E-state index contributed by atoms with van der Waals surface area (Å²) in [5.41, 5.74) is 0.205. The number of carbonyl (C=O) groups excluding carboxylic acids is 1. The third-order valence-electron chi connectivity index (χ3n) is 4.48. The highest BCUT2D eigenvalue weighted by Gasteiger charge is 2.47. The number of amides is 1. The number of fused-ring (bicyclic) bond motifs is 2. The Labute approximate surface area is 116 Å². The molecule has 1 aromatic heterocycles. The first-order valence-electron chi connectivity index (χ1n) is 6.58. The normalized spacial score (nSPS) is 32.5. The number of halogens is 1. The van der Waals surface area contributed by atoms with Crippen molar-refractivity contribution in [3.63, 3.8) is 0 Å². The van der Waals surface area contributed by atoms with Crippen LogP contribution in [-0.4, -0.2) is 33.6 Å². The van der Waals surface area contributed by atoms with Gasteiger partial charge in [-0.1, -0.05) is 11.6 Å². The summed E-state index contributed by atoms with van der Waals surface area (Å²) in [7, 11) is 0. The van der Waals surface area contributed by atoms with Gasteiger partial charge in [0.1, 0.15) is 12.0 Å². The van der Waals surface area contributed by atoms with E-state index in [0.717, 1.165) is 19.3 Å². The standard InChI is InChI=1S/C13H16ClN3O2/c14-10-4-15-6-16-12(10)13(19)17-11-8-2-1-7(3-8)9(11)5-18/h4,6-9,11,18H,1-3,5H2,(H,17,19). The number of carbonyl (C=O) groups is 1. The molecule has 5 nitrogen and oxygen atoms in total. The minimum absolute atomic E-state index is 0.0438. The van der Waals surface area contributed by atoms with E-state index in [9.17, 15) is 9.90 Å². The molecule has 0 saturated heterocycles. The van der Waals surface area contributed by atoms with Crippen LogP contribution in [0.15, 0.2) is 12.5 Å². The van der Waals surface area contributed by atoms with Crippen LogP contribution in [0.3, 0.4) is 0 Å². The number of hydrogen-bond donors (Lipinski definition) is 2. The lowest BCUT2D eigenvalue weighted by molar-refractivity contribution is 0.0856. The maximum Gasteiger partial charge on any atom is 0.271 e. The molecule has 3 rings (SSSR count). The first-order chi connectivity index (χ1) is 9.20. The number of aliphatic hydroxyl groups excluding tert-OH is 1. The van der Waals surface area contributed by atoms with Gasteiger partial charge in [-0.15, -0.1) is 0 Å². The van der Waals surface area contributed by atoms with Crippen molar-refractivity contribution < 1.29 is 9.90 Å². The molecule has 2 saturated carbocycles. The molecule has 2 bridgehead atoms. The van der Waals surface area contributed by atoms with Crippen molar-refractivity contribution in [2.75, 3.05) is 6.61 Å². The minimum Gasteiger partial charge on any atom is -0.396 e. The Bertz CT molecular complexity index is 497. The van der Waals surface area contributed by atoms with Crippen LogP contribution in [0.4, 0.5) is 0 Å². The van der Waals surface area contributed by atoms with Crippen LogP contribution >= 0.6 is 11.6 Å². The number of rotatable bonds is 3. The summed E-state index contributed by atoms with van der Waals surface area (Å²) >= 11 is 5.92. The lowest BCUT2D eigenvalue weighted by atomic mass is 9.85. The van der Waals surface area contributed by atoms with Crippen molar-refractivity contribution in [1.29, 1.82) is 0 Å². The summed E-state index contributed by atoms with van der Waals surface area (Å²) < 4.78 is 0. The van der Waals surface area contributed by atoms with Crippen molar-refractivity contribution in [2.24, 2.45) is 17.8 Å². The van der Waals surface area contributed by atoms with E-state index >= 15 is 0 Å². The molecule has 0 radical (unpaired) electrons. The van der Waals surface area contributed by atoms with Gasteiger partial charge < -0.3 is 10.4 Å². The third kappa shape index (κ3) is 2.21. The van der Waals surface area contributed by atoms with E-state index in [1.54, 1.807) is 0 Å². The fourth-order valence-electron chi connectivity index (χ4n) is 3.60. The topological polar surface area (TPSA) is 75.1 Å². The van der Waals surface area contributed by atoms with Crippen molar-refractivity contribution in [3.05, 3.63) is 23.2 Å². The zero-order valence-corrected chi connectivity index (χ0v) is 11.2. The number of nitrogens with zero attached hydrogens (tertiary/aromatic N) is 2. The second-order valence-corrected chi connectivity index (χ2v) is 5.81. The molecule has 4 unspecified atom stereocenters. The average molecular weight is 282 g/mol. The van der Waals surface area contributed by atoms with Crippen molar-refractivity contribution in [3.8, 4) is 0 Å². The van der Waals surface area contributed by atoms with Crippen LogP contribution < -0.4 is 5.32 Å². The van der Waals surface area contributed by atoms with Crippen molar-refractivity contribution >= 4 is 17.5 Å². The highest BCUT2D eigenvalue weighted by Crippen LogP contribution is 2.48. The number of hydrogen-bond acceptors (Lipinski definition) is 4. The predicted molar refractivity (Wildman–Crippen MR) is 69.7 cm³/mol. The Hall–Kier alpha value is -1.20. The highest BCUT2D eigenvalue weighted by atomic mass is 35.5. The van der Waals surface area contributed by atoms with E-state index in [0.29, 0.717) is 11.8 Å². The lowest BCUT2D eigenvalue weighted by Crippen LogP contribution is -2.45. The fraction of sp³-hybridized carbons (Fsp3) is 0.615. The molecule has 0 aliphatic heterocycles. The van der Waals surface area contributed by atoms with E-state index in [4.69, 9.17) is 11.6 Å². The van der Waals surface area contributed by atoms with E-state index in [2.05, 4.69) is 15.3 Å². The monoisotopic (exact) mass is 281 g/mol. The number of aromatic nitrogens is 2. The molecule has 1 heterocycles. The quantitative estimate of drug-likeness (QED) is 0.875. The predicted octanol–water partition coefficient (Wildman–Crippen LogP) is 1.27. The van der Waals surface area contributed by atoms with Gasteiger partial charge in [-0.25, -0.2) is 9.97 Å². The van der Waals surface area contributed by atoms with E-state index in [1.807, 2.05) is 0 Å². The van der Waals surface area contributed by atoms with Gasteiger partial charge in [-0.2, -0.15) is 0 Å². The first-order valence-corrected chi connectivity index (χ1v) is 6.95. The van der Waals surface area contributed by atoms with Crippen LogP contribution in [-0.2, 0) is 0 Å². The molecule has 0 aromatic carbocycles. The van der Waals surface area contributed by atoms with Crippen molar-refractivity contribution in [2.45, 2.75) is 25.3 Å². The Morgan fingerprint density at radius 1 is 1.47 bits per heavy atom. The summed E-state index contributed by atoms with van der Waals surface area (Å²) in [5, 5.41) is 12.7. The van der Waals surface area contributed by atoms with Gasteiger partial charge in [-0.3, -0.25) is 4.79 Å². The van der Waals surface area contributed by atoms with Crippen LogP contribution in [0.1, 0.15) is 29.8 Å². The number of nitrogens with one attached hydrogen (secondary N) is 1. The van der Waals surface area contributed by atoms with Gasteiger partial charge in [0, 0.05) is 24.8 Å². The van der Waals surface area contributed by atoms with Crippen LogP contribution in [0.5, 0.6) is 0 Å². The summed E-state index contributed by atoms with van der Waals surface area (Å²) in [5.74, 6) is 0.916. The van der Waals surface area contributed by atoms with E-state index in [-0.39, 0.29) is 35.2 Å². The minimum atomic E-state index is -0.275. The molecule has 1 amide bonds. The summed E-state index contributed by atoms with van der Waals surface area (Å²) in [4.78, 5) is 19.9. The van der Waals surface area contributed by atoms with Gasteiger partial charge in [0.15, 0.2) is 0 Å². The van der Waals surface area contributed by atoms with Gasteiger partial charge in [0.25, 0.3) is 5.91 Å². The average Bonchev–Trinajstić information content (AvgIpc) is 3.00. The van der Waals surface area contributed by atoms with Gasteiger partial charge >= 0.3 is 0 Å². The smallest absolute Gasteiger partial charge is 0.271 e. The van der Waals surface area contributed by atoms with Crippen LogP contribution in [0.25, 0.3) is 0 Å². The van der Waals surface area contributed by atoms with Crippen LogP contribution in [0.2, 0.25) is 5.02 Å². The van der Waals surface area contributed by atoms with Crippen LogP contribution in [0, 0.1) is 17.8 Å². The zero-order valence-electron chi connectivity index (χ0n) is 10.4. The lowest BCUT2D eigenvalue weighted by Gasteiger charge is -2.30. The Morgan fingerprint density at radius 3 is 3.00 bits per heavy atom. The maximum atomic E-state index is 12.2. The molecule has 1 aromatic rings. The molecule has 102 valence electrons. The SMILES string of the molecule is O=C(NC1C2CCC(C2)C1CO)c1ncncc1Cl.